The number of nitrogens with zero attached hydrogens (tertiary/aromatic N) is 4. The number of hydrogen-bond acceptors (Lipinski definition) is 4. The second kappa shape index (κ2) is 7.35. The molecule has 0 aliphatic carbocycles. The third kappa shape index (κ3) is 3.82. The van der Waals surface area contributed by atoms with Gasteiger partial charge in [0.15, 0.2) is 6.04 Å². The van der Waals surface area contributed by atoms with Crippen molar-refractivity contribution < 1.29 is 18.0 Å². The highest BCUT2D eigenvalue weighted by Crippen LogP contribution is 2.42. The van der Waals surface area contributed by atoms with Crippen LogP contribution in [0.5, 0.6) is 0 Å². The van der Waals surface area contributed by atoms with E-state index in [1.165, 1.54) is 0 Å². The number of nitrogens with one attached hydrogen (secondary N) is 1. The van der Waals surface area contributed by atoms with Crippen LogP contribution in [0.3, 0.4) is 0 Å². The molecule has 2 aliphatic rings. The number of halogens is 3. The Morgan fingerprint density at radius 3 is 2.83 bits per heavy atom. The van der Waals surface area contributed by atoms with E-state index < -0.39 is 12.2 Å². The van der Waals surface area contributed by atoms with Gasteiger partial charge in [0.25, 0.3) is 5.91 Å². The molecule has 1 amide bonds. The molecule has 3 atom stereocenters. The molecule has 9 heteroatoms. The van der Waals surface area contributed by atoms with Crippen molar-refractivity contribution in [3.8, 4) is 0 Å². The van der Waals surface area contributed by atoms with Crippen molar-refractivity contribution in [2.24, 2.45) is 5.92 Å². The van der Waals surface area contributed by atoms with Gasteiger partial charge in [-0.1, -0.05) is 0 Å². The summed E-state index contributed by atoms with van der Waals surface area (Å²) >= 11 is 0. The molecule has 6 nitrogen and oxygen atoms in total. The van der Waals surface area contributed by atoms with Crippen LogP contribution in [-0.2, 0) is 0 Å². The van der Waals surface area contributed by atoms with Crippen LogP contribution in [0.25, 0.3) is 0 Å². The van der Waals surface area contributed by atoms with Crippen molar-refractivity contribution >= 4 is 11.7 Å². The highest BCUT2D eigenvalue weighted by molar-refractivity contribution is 5.95. The van der Waals surface area contributed by atoms with Crippen LogP contribution in [0.2, 0.25) is 0 Å². The predicted molar refractivity (Wildman–Crippen MR) is 102 cm³/mol. The van der Waals surface area contributed by atoms with Gasteiger partial charge in [0.05, 0.1) is 5.69 Å². The van der Waals surface area contributed by atoms with Gasteiger partial charge in [0.2, 0.25) is 0 Å². The van der Waals surface area contributed by atoms with E-state index in [1.54, 1.807) is 36.4 Å². The van der Waals surface area contributed by atoms with Crippen LogP contribution < -0.4 is 5.32 Å². The lowest BCUT2D eigenvalue weighted by Crippen LogP contribution is -2.49. The monoisotopic (exact) mass is 407 g/mol. The first-order valence-corrected chi connectivity index (χ1v) is 9.83. The van der Waals surface area contributed by atoms with Crippen molar-refractivity contribution in [2.75, 3.05) is 18.4 Å². The number of rotatable bonds is 2. The molecule has 2 aromatic heterocycles. The van der Waals surface area contributed by atoms with Crippen molar-refractivity contribution in [1.82, 2.24) is 19.7 Å². The summed E-state index contributed by atoms with van der Waals surface area (Å²) in [7, 11) is 0. The second-order valence-electron chi connectivity index (χ2n) is 8.00. The van der Waals surface area contributed by atoms with Gasteiger partial charge in [-0.15, -0.1) is 0 Å². The minimum absolute atomic E-state index is 0.0522. The molecule has 4 heterocycles. The van der Waals surface area contributed by atoms with Crippen molar-refractivity contribution in [3.05, 3.63) is 41.3 Å². The average molecular weight is 407 g/mol. The first kappa shape index (κ1) is 19.7. The van der Waals surface area contributed by atoms with Crippen LogP contribution in [0.1, 0.15) is 46.9 Å². The molecule has 0 saturated carbocycles. The zero-order valence-electron chi connectivity index (χ0n) is 16.4. The Morgan fingerprint density at radius 2 is 2.10 bits per heavy atom. The standard InChI is InChI=1S/C20H24F3N5O/c1-12-10-24-6-5-15(12)19(29)27-7-3-4-14(11-27)16-9-17(20(21,22)23)28-18(25-16)8-13(2)26-28/h5-6,8,10,14,16-17,25H,3-4,7,9,11H2,1-2H3/t14-,16-,17+/m0/s1. The largest absolute Gasteiger partial charge is 0.410 e. The number of anilines is 1. The van der Waals surface area contributed by atoms with Crippen molar-refractivity contribution in [3.63, 3.8) is 0 Å². The molecular formula is C20H24F3N5O. The number of hydrogen-bond donors (Lipinski definition) is 1. The van der Waals surface area contributed by atoms with E-state index in [1.807, 2.05) is 6.92 Å². The SMILES string of the molecule is Cc1cc2n(n1)[C@@H](C(F)(F)F)C[C@@H]([C@H]1CCCN(C(=O)c3ccncc3C)C1)N2. The van der Waals surface area contributed by atoms with Gasteiger partial charge in [-0.3, -0.25) is 9.78 Å². The molecule has 1 N–H and O–H groups in total. The lowest BCUT2D eigenvalue weighted by Gasteiger charge is -2.41. The maximum absolute atomic E-state index is 13.7. The average Bonchev–Trinajstić information content (AvgIpc) is 3.06. The number of carbonyl (C=O) groups is 1. The number of fused-ring (bicyclic) bond motifs is 1. The van der Waals surface area contributed by atoms with Crippen LogP contribution in [-0.4, -0.2) is 50.9 Å². The second-order valence-corrected chi connectivity index (χ2v) is 8.00. The van der Waals surface area contributed by atoms with Gasteiger partial charge < -0.3 is 10.2 Å². The first-order chi connectivity index (χ1) is 13.7. The van der Waals surface area contributed by atoms with Gasteiger partial charge in [-0.25, -0.2) is 4.68 Å². The lowest BCUT2D eigenvalue weighted by atomic mass is 9.85. The number of pyridine rings is 1. The van der Waals surface area contributed by atoms with E-state index in [9.17, 15) is 18.0 Å². The molecule has 29 heavy (non-hydrogen) atoms. The van der Waals surface area contributed by atoms with E-state index in [0.29, 0.717) is 30.2 Å². The number of amides is 1. The number of carbonyl (C=O) groups excluding carboxylic acids is 1. The molecule has 2 aromatic rings. The molecule has 0 unspecified atom stereocenters. The van der Waals surface area contributed by atoms with Crippen LogP contribution >= 0.6 is 0 Å². The molecule has 0 bridgehead atoms. The van der Waals surface area contributed by atoms with Gasteiger partial charge >= 0.3 is 6.18 Å². The van der Waals surface area contributed by atoms with Gasteiger partial charge in [-0.05, 0) is 50.7 Å². The van der Waals surface area contributed by atoms with E-state index in [2.05, 4.69) is 15.4 Å². The van der Waals surface area contributed by atoms with Crippen molar-refractivity contribution in [1.29, 1.82) is 0 Å². The van der Waals surface area contributed by atoms with E-state index in [-0.39, 0.29) is 24.3 Å². The fourth-order valence-corrected chi connectivity index (χ4v) is 4.44. The normalized spacial score (nSPS) is 24.7. The Morgan fingerprint density at radius 1 is 1.31 bits per heavy atom. The summed E-state index contributed by atoms with van der Waals surface area (Å²) in [6.45, 7) is 4.58. The van der Waals surface area contributed by atoms with Gasteiger partial charge in [0, 0.05) is 43.2 Å². The molecule has 0 aromatic carbocycles. The fourth-order valence-electron chi connectivity index (χ4n) is 4.44. The molecule has 156 valence electrons. The fraction of sp³-hybridized carbons (Fsp3) is 0.550. The van der Waals surface area contributed by atoms with E-state index in [4.69, 9.17) is 0 Å². The Kier molecular flexibility index (Phi) is 5.00. The third-order valence-electron chi connectivity index (χ3n) is 5.91. The molecule has 0 radical (unpaired) electrons. The first-order valence-electron chi connectivity index (χ1n) is 9.83. The van der Waals surface area contributed by atoms with Crippen LogP contribution in [0.15, 0.2) is 24.5 Å². The Hall–Kier alpha value is -2.58. The van der Waals surface area contributed by atoms with E-state index in [0.717, 1.165) is 23.1 Å². The summed E-state index contributed by atoms with van der Waals surface area (Å²) < 4.78 is 42.1. The summed E-state index contributed by atoms with van der Waals surface area (Å²) in [5.74, 6) is 0.261. The smallest absolute Gasteiger partial charge is 0.367 e. The summed E-state index contributed by atoms with van der Waals surface area (Å²) in [6.07, 6.45) is 0.336. The molecule has 0 spiro atoms. The topological polar surface area (TPSA) is 63.1 Å². The van der Waals surface area contributed by atoms with Gasteiger partial charge in [0.1, 0.15) is 5.82 Å². The van der Waals surface area contributed by atoms with E-state index >= 15 is 0 Å². The minimum Gasteiger partial charge on any atom is -0.367 e. The lowest BCUT2D eigenvalue weighted by molar-refractivity contribution is -0.174. The maximum atomic E-state index is 13.7. The highest BCUT2D eigenvalue weighted by Gasteiger charge is 2.48. The highest BCUT2D eigenvalue weighted by atomic mass is 19.4. The summed E-state index contributed by atoms with van der Waals surface area (Å²) in [5.41, 5.74) is 1.95. The van der Waals surface area contributed by atoms with Crippen LogP contribution in [0, 0.1) is 19.8 Å². The minimum atomic E-state index is -4.37. The number of likely N-dealkylation sites (tertiary alicyclic amines) is 1. The Bertz CT molecular complexity index is 910. The Labute approximate surface area is 167 Å². The quantitative estimate of drug-likeness (QED) is 0.824. The number of aromatic nitrogens is 3. The zero-order chi connectivity index (χ0) is 20.8. The molecule has 1 fully saturated rings. The van der Waals surface area contributed by atoms with Crippen LogP contribution in [0.4, 0.5) is 19.0 Å². The predicted octanol–water partition coefficient (Wildman–Crippen LogP) is 3.73. The molecule has 1 saturated heterocycles. The molecule has 4 rings (SSSR count). The summed E-state index contributed by atoms with van der Waals surface area (Å²) in [4.78, 5) is 18.7. The maximum Gasteiger partial charge on any atom is 0.410 e. The summed E-state index contributed by atoms with van der Waals surface area (Å²) in [6, 6.07) is 1.34. The van der Waals surface area contributed by atoms with Crippen molar-refractivity contribution in [2.45, 2.75) is 51.4 Å². The Balaban J connectivity index is 1.54. The van der Waals surface area contributed by atoms with Gasteiger partial charge in [-0.2, -0.15) is 18.3 Å². The molecular weight excluding hydrogens is 383 g/mol. The summed E-state index contributed by atoms with van der Waals surface area (Å²) in [5, 5.41) is 7.29. The zero-order valence-corrected chi connectivity index (χ0v) is 16.4. The number of aryl methyl sites for hydroxylation is 2. The number of piperidine rings is 1. The third-order valence-corrected chi connectivity index (χ3v) is 5.91. The number of alkyl halides is 3. The molecule has 2 aliphatic heterocycles.